The molecule has 0 radical (unpaired) electrons. The quantitative estimate of drug-likeness (QED) is 0.742. The fourth-order valence-corrected chi connectivity index (χ4v) is 2.81. The number of nitrogens with one attached hydrogen (secondary N) is 2. The molecule has 6 nitrogen and oxygen atoms in total. The monoisotopic (exact) mass is 266 g/mol. The Labute approximate surface area is 105 Å². The van der Waals surface area contributed by atoms with Crippen molar-refractivity contribution in [3.05, 3.63) is 24.0 Å². The van der Waals surface area contributed by atoms with E-state index in [0.717, 1.165) is 30.7 Å². The lowest BCUT2D eigenvalue weighted by molar-refractivity contribution is 0.598. The minimum Gasteiger partial charge on any atom is -0.341 e. The van der Waals surface area contributed by atoms with E-state index in [2.05, 4.69) is 15.3 Å². The molecular weight excluding hydrogens is 252 g/mol. The topological polar surface area (TPSA) is 101 Å². The van der Waals surface area contributed by atoms with Crippen molar-refractivity contribution in [2.45, 2.75) is 23.8 Å². The normalized spacial score (nSPS) is 20.6. The number of sulfonamides is 1. The van der Waals surface area contributed by atoms with Gasteiger partial charge in [0.2, 0.25) is 10.0 Å². The SMILES string of the molecule is NS(=O)(=O)c1ccc2nc([C@@H]3CCCN3)[nH]c2c1. The van der Waals surface area contributed by atoms with Crippen LogP contribution in [0.2, 0.25) is 0 Å². The number of H-pyrrole nitrogens is 1. The Hall–Kier alpha value is -1.44. The summed E-state index contributed by atoms with van der Waals surface area (Å²) in [5, 5.41) is 8.44. The number of benzene rings is 1. The van der Waals surface area contributed by atoms with Gasteiger partial charge >= 0.3 is 0 Å². The molecule has 96 valence electrons. The van der Waals surface area contributed by atoms with E-state index in [1.54, 1.807) is 6.07 Å². The molecule has 0 amide bonds. The first kappa shape index (κ1) is 11.6. The molecule has 2 aromatic rings. The van der Waals surface area contributed by atoms with Crippen molar-refractivity contribution in [1.82, 2.24) is 15.3 Å². The van der Waals surface area contributed by atoms with Crippen LogP contribution in [0.4, 0.5) is 0 Å². The highest BCUT2D eigenvalue weighted by molar-refractivity contribution is 7.89. The minimum atomic E-state index is -3.67. The van der Waals surface area contributed by atoms with Crippen molar-refractivity contribution < 1.29 is 8.42 Å². The molecule has 4 N–H and O–H groups in total. The second-order valence-electron chi connectivity index (χ2n) is 4.49. The Balaban J connectivity index is 2.06. The van der Waals surface area contributed by atoms with Gasteiger partial charge in [0.05, 0.1) is 22.0 Å². The molecule has 1 fully saturated rings. The molecule has 3 rings (SSSR count). The van der Waals surface area contributed by atoms with Crippen molar-refractivity contribution in [2.75, 3.05) is 6.54 Å². The largest absolute Gasteiger partial charge is 0.341 e. The number of hydrogen-bond donors (Lipinski definition) is 3. The summed E-state index contributed by atoms with van der Waals surface area (Å²) < 4.78 is 22.5. The second-order valence-corrected chi connectivity index (χ2v) is 6.06. The molecule has 1 saturated heterocycles. The van der Waals surface area contributed by atoms with E-state index < -0.39 is 10.0 Å². The van der Waals surface area contributed by atoms with E-state index in [4.69, 9.17) is 5.14 Å². The summed E-state index contributed by atoms with van der Waals surface area (Å²) >= 11 is 0. The average molecular weight is 266 g/mol. The van der Waals surface area contributed by atoms with Gasteiger partial charge in [0.15, 0.2) is 0 Å². The van der Waals surface area contributed by atoms with E-state index >= 15 is 0 Å². The van der Waals surface area contributed by atoms with Gasteiger partial charge < -0.3 is 10.3 Å². The van der Waals surface area contributed by atoms with E-state index in [1.165, 1.54) is 12.1 Å². The van der Waals surface area contributed by atoms with Crippen LogP contribution in [-0.4, -0.2) is 24.9 Å². The standard InChI is InChI=1S/C11H14N4O2S/c12-18(16,17)7-3-4-8-10(6-7)15-11(14-8)9-2-1-5-13-9/h3-4,6,9,13H,1-2,5H2,(H,14,15)(H2,12,16,17)/t9-/m0/s1. The number of fused-ring (bicyclic) bond motifs is 1. The molecule has 18 heavy (non-hydrogen) atoms. The van der Waals surface area contributed by atoms with Gasteiger partial charge in [-0.25, -0.2) is 18.5 Å². The van der Waals surface area contributed by atoms with Crippen molar-refractivity contribution >= 4 is 21.1 Å². The predicted molar refractivity (Wildman–Crippen MR) is 67.4 cm³/mol. The molecule has 0 bridgehead atoms. The number of aromatic amines is 1. The third-order valence-electron chi connectivity index (χ3n) is 3.19. The summed E-state index contributed by atoms with van der Waals surface area (Å²) in [4.78, 5) is 7.72. The van der Waals surface area contributed by atoms with Gasteiger partial charge in [0.25, 0.3) is 0 Å². The van der Waals surface area contributed by atoms with Gasteiger partial charge in [-0.05, 0) is 37.6 Å². The van der Waals surface area contributed by atoms with Crippen LogP contribution in [-0.2, 0) is 10.0 Å². The zero-order valence-corrected chi connectivity index (χ0v) is 10.5. The molecule has 0 unspecified atom stereocenters. The van der Waals surface area contributed by atoms with E-state index in [1.807, 2.05) is 0 Å². The summed E-state index contributed by atoms with van der Waals surface area (Å²) in [6, 6.07) is 4.90. The fraction of sp³-hybridized carbons (Fsp3) is 0.364. The van der Waals surface area contributed by atoms with E-state index in [0.29, 0.717) is 5.52 Å². The number of nitrogens with two attached hydrogens (primary N) is 1. The molecule has 1 aliphatic heterocycles. The molecule has 0 saturated carbocycles. The highest BCUT2D eigenvalue weighted by atomic mass is 32.2. The first-order chi connectivity index (χ1) is 8.54. The Bertz CT molecular complexity index is 686. The highest BCUT2D eigenvalue weighted by Crippen LogP contribution is 2.24. The van der Waals surface area contributed by atoms with Gasteiger partial charge in [-0.1, -0.05) is 0 Å². The van der Waals surface area contributed by atoms with Crippen LogP contribution in [0, 0.1) is 0 Å². The van der Waals surface area contributed by atoms with Gasteiger partial charge in [-0.3, -0.25) is 0 Å². The van der Waals surface area contributed by atoms with Crippen LogP contribution in [0.5, 0.6) is 0 Å². The summed E-state index contributed by atoms with van der Waals surface area (Å²) in [7, 11) is -3.67. The zero-order chi connectivity index (χ0) is 12.8. The third-order valence-corrected chi connectivity index (χ3v) is 4.10. The number of imidazole rings is 1. The van der Waals surface area contributed by atoms with Crippen LogP contribution in [0.3, 0.4) is 0 Å². The predicted octanol–water partition coefficient (Wildman–Crippen LogP) is 0.635. The number of hydrogen-bond acceptors (Lipinski definition) is 4. The van der Waals surface area contributed by atoms with Crippen molar-refractivity contribution in [2.24, 2.45) is 5.14 Å². The van der Waals surface area contributed by atoms with Crippen LogP contribution in [0.1, 0.15) is 24.7 Å². The Morgan fingerprint density at radius 1 is 1.39 bits per heavy atom. The smallest absolute Gasteiger partial charge is 0.238 e. The fourth-order valence-electron chi connectivity index (χ4n) is 2.27. The summed E-state index contributed by atoms with van der Waals surface area (Å²) in [6.07, 6.45) is 2.17. The summed E-state index contributed by atoms with van der Waals surface area (Å²) in [5.41, 5.74) is 1.45. The molecule has 0 aliphatic carbocycles. The minimum absolute atomic E-state index is 0.101. The zero-order valence-electron chi connectivity index (χ0n) is 9.68. The van der Waals surface area contributed by atoms with Crippen molar-refractivity contribution in [3.63, 3.8) is 0 Å². The maximum atomic E-state index is 11.3. The molecule has 0 spiro atoms. The number of rotatable bonds is 2. The third kappa shape index (κ3) is 2.00. The lowest BCUT2D eigenvalue weighted by Crippen LogP contribution is -2.14. The van der Waals surface area contributed by atoms with E-state index in [9.17, 15) is 8.42 Å². The van der Waals surface area contributed by atoms with E-state index in [-0.39, 0.29) is 10.9 Å². The van der Waals surface area contributed by atoms with Gasteiger partial charge in [0.1, 0.15) is 5.82 Å². The Kier molecular flexibility index (Phi) is 2.61. The average Bonchev–Trinajstić information content (AvgIpc) is 2.95. The van der Waals surface area contributed by atoms with Crippen molar-refractivity contribution in [3.8, 4) is 0 Å². The van der Waals surface area contributed by atoms with Crippen LogP contribution in [0.15, 0.2) is 23.1 Å². The maximum absolute atomic E-state index is 11.3. The molecule has 1 aromatic heterocycles. The summed E-state index contributed by atoms with van der Waals surface area (Å²) in [5.74, 6) is 0.856. The number of aromatic nitrogens is 2. The van der Waals surface area contributed by atoms with Gasteiger partial charge in [-0.15, -0.1) is 0 Å². The lowest BCUT2D eigenvalue weighted by atomic mass is 10.2. The Morgan fingerprint density at radius 3 is 2.89 bits per heavy atom. The second kappa shape index (κ2) is 4.04. The molecular formula is C11H14N4O2S. The lowest BCUT2D eigenvalue weighted by Gasteiger charge is -2.04. The molecule has 1 atom stereocenters. The van der Waals surface area contributed by atoms with Crippen LogP contribution in [0.25, 0.3) is 11.0 Å². The number of primary sulfonamides is 1. The molecule has 2 heterocycles. The summed E-state index contributed by atoms with van der Waals surface area (Å²) in [6.45, 7) is 0.990. The maximum Gasteiger partial charge on any atom is 0.238 e. The van der Waals surface area contributed by atoms with Crippen LogP contribution >= 0.6 is 0 Å². The van der Waals surface area contributed by atoms with Gasteiger partial charge in [0, 0.05) is 0 Å². The first-order valence-corrected chi connectivity index (χ1v) is 7.34. The highest BCUT2D eigenvalue weighted by Gasteiger charge is 2.20. The molecule has 7 heteroatoms. The van der Waals surface area contributed by atoms with Gasteiger partial charge in [-0.2, -0.15) is 0 Å². The first-order valence-electron chi connectivity index (χ1n) is 5.80. The number of nitrogens with zero attached hydrogens (tertiary/aromatic N) is 1. The van der Waals surface area contributed by atoms with Crippen LogP contribution < -0.4 is 10.5 Å². The Morgan fingerprint density at radius 2 is 2.22 bits per heavy atom. The molecule has 1 aliphatic rings. The van der Waals surface area contributed by atoms with Crippen molar-refractivity contribution in [1.29, 1.82) is 0 Å². The molecule has 1 aromatic carbocycles.